The van der Waals surface area contributed by atoms with Gasteiger partial charge in [-0.25, -0.2) is 4.98 Å². The van der Waals surface area contributed by atoms with Crippen molar-refractivity contribution in [1.29, 1.82) is 5.26 Å². The zero-order chi connectivity index (χ0) is 14.4. The maximum absolute atomic E-state index is 11.7. The number of allylic oxidation sites excluding steroid dienone is 1. The molecule has 0 unspecified atom stereocenters. The zero-order valence-corrected chi connectivity index (χ0v) is 11.5. The molecule has 0 aliphatic carbocycles. The SMILES string of the molecule is C/C=C/C(=O)N1CCC(Oc2ncccc2C#N)CC1. The molecular formula is C15H17N3O2. The van der Waals surface area contributed by atoms with Crippen LogP contribution in [-0.4, -0.2) is 35.0 Å². The molecule has 0 bridgehead atoms. The fraction of sp³-hybridized carbons (Fsp3) is 0.400. The number of amides is 1. The smallest absolute Gasteiger partial charge is 0.246 e. The molecular weight excluding hydrogens is 254 g/mol. The largest absolute Gasteiger partial charge is 0.473 e. The van der Waals surface area contributed by atoms with E-state index in [4.69, 9.17) is 10.00 Å². The van der Waals surface area contributed by atoms with Crippen LogP contribution in [0.5, 0.6) is 5.88 Å². The summed E-state index contributed by atoms with van der Waals surface area (Å²) in [5.41, 5.74) is 0.444. The molecule has 1 fully saturated rings. The summed E-state index contributed by atoms with van der Waals surface area (Å²) < 4.78 is 5.78. The molecule has 1 aliphatic heterocycles. The number of nitriles is 1. The van der Waals surface area contributed by atoms with Crippen molar-refractivity contribution in [3.8, 4) is 11.9 Å². The van der Waals surface area contributed by atoms with Crippen LogP contribution >= 0.6 is 0 Å². The third-order valence-corrected chi connectivity index (χ3v) is 3.23. The van der Waals surface area contributed by atoms with Gasteiger partial charge in [0.05, 0.1) is 0 Å². The third kappa shape index (κ3) is 3.35. The van der Waals surface area contributed by atoms with Crippen molar-refractivity contribution < 1.29 is 9.53 Å². The Morgan fingerprint density at radius 1 is 1.55 bits per heavy atom. The van der Waals surface area contributed by atoms with Crippen LogP contribution in [0.15, 0.2) is 30.5 Å². The molecule has 1 saturated heterocycles. The molecule has 1 amide bonds. The molecule has 20 heavy (non-hydrogen) atoms. The number of rotatable bonds is 3. The van der Waals surface area contributed by atoms with Crippen molar-refractivity contribution in [2.45, 2.75) is 25.9 Å². The number of pyridine rings is 1. The topological polar surface area (TPSA) is 66.2 Å². The van der Waals surface area contributed by atoms with Gasteiger partial charge in [-0.05, 0) is 25.1 Å². The summed E-state index contributed by atoms with van der Waals surface area (Å²) in [4.78, 5) is 17.6. The van der Waals surface area contributed by atoms with Gasteiger partial charge in [0, 0.05) is 32.1 Å². The summed E-state index contributed by atoms with van der Waals surface area (Å²) in [7, 11) is 0. The van der Waals surface area contributed by atoms with Crippen molar-refractivity contribution in [3.05, 3.63) is 36.0 Å². The average Bonchev–Trinajstić information content (AvgIpc) is 2.49. The summed E-state index contributed by atoms with van der Waals surface area (Å²) in [5.74, 6) is 0.426. The molecule has 1 aliphatic rings. The van der Waals surface area contributed by atoms with E-state index in [0.717, 1.165) is 12.8 Å². The van der Waals surface area contributed by atoms with Gasteiger partial charge < -0.3 is 9.64 Å². The molecule has 0 saturated carbocycles. The highest BCUT2D eigenvalue weighted by Crippen LogP contribution is 2.20. The van der Waals surface area contributed by atoms with Crippen LogP contribution in [0.1, 0.15) is 25.3 Å². The van der Waals surface area contributed by atoms with Gasteiger partial charge in [0.1, 0.15) is 17.7 Å². The van der Waals surface area contributed by atoms with E-state index in [-0.39, 0.29) is 12.0 Å². The van der Waals surface area contributed by atoms with Gasteiger partial charge in [-0.1, -0.05) is 6.08 Å². The highest BCUT2D eigenvalue weighted by molar-refractivity contribution is 5.87. The van der Waals surface area contributed by atoms with Crippen LogP contribution in [-0.2, 0) is 4.79 Å². The maximum atomic E-state index is 11.7. The molecule has 0 aromatic carbocycles. The van der Waals surface area contributed by atoms with E-state index in [0.29, 0.717) is 24.5 Å². The first-order valence-corrected chi connectivity index (χ1v) is 6.68. The first-order valence-electron chi connectivity index (χ1n) is 6.68. The van der Waals surface area contributed by atoms with Crippen molar-refractivity contribution in [2.75, 3.05) is 13.1 Å². The van der Waals surface area contributed by atoms with Crippen molar-refractivity contribution >= 4 is 5.91 Å². The van der Waals surface area contributed by atoms with E-state index in [1.165, 1.54) is 0 Å². The predicted molar refractivity (Wildman–Crippen MR) is 74.0 cm³/mol. The molecule has 0 N–H and O–H groups in total. The minimum atomic E-state index is 0.00616. The number of hydrogen-bond donors (Lipinski definition) is 0. The Labute approximate surface area is 118 Å². The van der Waals surface area contributed by atoms with Crippen LogP contribution in [0.2, 0.25) is 0 Å². The van der Waals surface area contributed by atoms with Gasteiger partial charge in [0.2, 0.25) is 11.8 Å². The predicted octanol–water partition coefficient (Wildman–Crippen LogP) is 1.90. The summed E-state index contributed by atoms with van der Waals surface area (Å²) >= 11 is 0. The number of aromatic nitrogens is 1. The summed E-state index contributed by atoms with van der Waals surface area (Å²) in [6.45, 7) is 3.17. The first kappa shape index (κ1) is 14.1. The Balaban J connectivity index is 1.92. The van der Waals surface area contributed by atoms with E-state index in [1.54, 1.807) is 30.5 Å². The first-order chi connectivity index (χ1) is 9.74. The zero-order valence-electron chi connectivity index (χ0n) is 11.5. The lowest BCUT2D eigenvalue weighted by Gasteiger charge is -2.31. The standard InChI is InChI=1S/C15H17N3O2/c1-2-4-14(19)18-9-6-13(7-10-18)20-15-12(11-16)5-3-8-17-15/h2-5,8,13H,6-7,9-10H2,1H3/b4-2+. The Bertz CT molecular complexity index is 540. The lowest BCUT2D eigenvalue weighted by Crippen LogP contribution is -2.41. The molecule has 104 valence electrons. The number of hydrogen-bond acceptors (Lipinski definition) is 4. The number of carbonyl (C=O) groups is 1. The average molecular weight is 271 g/mol. The number of ether oxygens (including phenoxy) is 1. The van der Waals surface area contributed by atoms with Gasteiger partial charge >= 0.3 is 0 Å². The Hall–Kier alpha value is -2.35. The van der Waals surface area contributed by atoms with Gasteiger partial charge in [-0.15, -0.1) is 0 Å². The number of piperidine rings is 1. The van der Waals surface area contributed by atoms with Gasteiger partial charge in [-0.3, -0.25) is 4.79 Å². The van der Waals surface area contributed by atoms with Gasteiger partial charge in [-0.2, -0.15) is 5.26 Å². The second-order valence-corrected chi connectivity index (χ2v) is 4.61. The molecule has 2 heterocycles. The Morgan fingerprint density at radius 3 is 2.95 bits per heavy atom. The monoisotopic (exact) mass is 271 g/mol. The molecule has 2 rings (SSSR count). The quantitative estimate of drug-likeness (QED) is 0.787. The minimum Gasteiger partial charge on any atom is -0.473 e. The minimum absolute atomic E-state index is 0.00616. The van der Waals surface area contributed by atoms with Crippen LogP contribution in [0.4, 0.5) is 0 Å². The van der Waals surface area contributed by atoms with Gasteiger partial charge in [0.25, 0.3) is 0 Å². The highest BCUT2D eigenvalue weighted by Gasteiger charge is 2.23. The van der Waals surface area contributed by atoms with Crippen molar-refractivity contribution in [2.24, 2.45) is 0 Å². The number of likely N-dealkylation sites (tertiary alicyclic amines) is 1. The second kappa shape index (κ2) is 6.71. The lowest BCUT2D eigenvalue weighted by atomic mass is 10.1. The van der Waals surface area contributed by atoms with E-state index in [1.807, 2.05) is 11.8 Å². The van der Waals surface area contributed by atoms with E-state index in [2.05, 4.69) is 11.1 Å². The molecule has 1 aromatic rings. The van der Waals surface area contributed by atoms with Crippen molar-refractivity contribution in [3.63, 3.8) is 0 Å². The molecule has 5 heteroatoms. The van der Waals surface area contributed by atoms with Crippen LogP contribution in [0, 0.1) is 11.3 Å². The third-order valence-electron chi connectivity index (χ3n) is 3.23. The lowest BCUT2D eigenvalue weighted by molar-refractivity contribution is -0.127. The van der Waals surface area contributed by atoms with E-state index in [9.17, 15) is 4.79 Å². The number of carbonyl (C=O) groups excluding carboxylic acids is 1. The van der Waals surface area contributed by atoms with Crippen LogP contribution < -0.4 is 4.74 Å². The van der Waals surface area contributed by atoms with Crippen molar-refractivity contribution in [1.82, 2.24) is 9.88 Å². The molecule has 1 aromatic heterocycles. The summed E-state index contributed by atoms with van der Waals surface area (Å²) in [5, 5.41) is 8.99. The number of nitrogens with zero attached hydrogens (tertiary/aromatic N) is 3. The normalized spacial score (nSPS) is 16.1. The Morgan fingerprint density at radius 2 is 2.30 bits per heavy atom. The molecule has 5 nitrogen and oxygen atoms in total. The highest BCUT2D eigenvalue weighted by atomic mass is 16.5. The fourth-order valence-corrected chi connectivity index (χ4v) is 2.17. The second-order valence-electron chi connectivity index (χ2n) is 4.61. The van der Waals surface area contributed by atoms with E-state index >= 15 is 0 Å². The molecule has 0 atom stereocenters. The maximum Gasteiger partial charge on any atom is 0.246 e. The fourth-order valence-electron chi connectivity index (χ4n) is 2.17. The van der Waals surface area contributed by atoms with Crippen LogP contribution in [0.25, 0.3) is 0 Å². The van der Waals surface area contributed by atoms with Crippen LogP contribution in [0.3, 0.4) is 0 Å². The molecule has 0 spiro atoms. The van der Waals surface area contributed by atoms with Gasteiger partial charge in [0.15, 0.2) is 0 Å². The van der Waals surface area contributed by atoms with E-state index < -0.39 is 0 Å². The Kier molecular flexibility index (Phi) is 4.72. The summed E-state index contributed by atoms with van der Waals surface area (Å²) in [6, 6.07) is 5.47. The molecule has 0 radical (unpaired) electrons. The summed E-state index contributed by atoms with van der Waals surface area (Å²) in [6.07, 6.45) is 6.45.